The van der Waals surface area contributed by atoms with Crippen molar-refractivity contribution in [2.45, 2.75) is 13.3 Å². The van der Waals surface area contributed by atoms with Crippen LogP contribution in [-0.4, -0.2) is 28.2 Å². The van der Waals surface area contributed by atoms with Gasteiger partial charge in [-0.05, 0) is 6.42 Å². The van der Waals surface area contributed by atoms with Crippen LogP contribution in [0.15, 0.2) is 6.33 Å². The fourth-order valence-corrected chi connectivity index (χ4v) is 1.15. The van der Waals surface area contributed by atoms with Gasteiger partial charge >= 0.3 is 0 Å². The standard InChI is InChI=1S/C8H13N3OS/c1-2-6-7(11-5-10-6)8(12)9-3-4-13/h5,13H,2-4H2,1H3,(H,9,12)(H,10,11). The molecule has 0 saturated heterocycles. The van der Waals surface area contributed by atoms with Gasteiger partial charge in [0.25, 0.3) is 5.91 Å². The number of nitrogens with zero attached hydrogens (tertiary/aromatic N) is 1. The molecule has 0 aromatic carbocycles. The van der Waals surface area contributed by atoms with Crippen LogP contribution < -0.4 is 5.32 Å². The summed E-state index contributed by atoms with van der Waals surface area (Å²) in [7, 11) is 0. The third-order valence-electron chi connectivity index (χ3n) is 1.68. The van der Waals surface area contributed by atoms with Crippen molar-refractivity contribution in [3.8, 4) is 0 Å². The number of imidazole rings is 1. The van der Waals surface area contributed by atoms with Gasteiger partial charge in [0.05, 0.1) is 6.33 Å². The smallest absolute Gasteiger partial charge is 0.271 e. The molecule has 1 rings (SSSR count). The quantitative estimate of drug-likeness (QED) is 0.623. The Bertz CT molecular complexity index is 285. The minimum atomic E-state index is -0.132. The zero-order valence-electron chi connectivity index (χ0n) is 7.50. The Morgan fingerprint density at radius 1 is 1.77 bits per heavy atom. The van der Waals surface area contributed by atoms with Crippen LogP contribution in [0.25, 0.3) is 0 Å². The lowest BCUT2D eigenvalue weighted by Crippen LogP contribution is -2.26. The first-order valence-electron chi connectivity index (χ1n) is 4.21. The number of amides is 1. The summed E-state index contributed by atoms with van der Waals surface area (Å²) in [6.07, 6.45) is 2.32. The molecule has 1 amide bonds. The molecule has 4 nitrogen and oxygen atoms in total. The average Bonchev–Trinajstić information content (AvgIpc) is 2.61. The van der Waals surface area contributed by atoms with Crippen molar-refractivity contribution < 1.29 is 4.79 Å². The van der Waals surface area contributed by atoms with Crippen molar-refractivity contribution in [1.29, 1.82) is 0 Å². The zero-order chi connectivity index (χ0) is 9.68. The summed E-state index contributed by atoms with van der Waals surface area (Å²) in [5.41, 5.74) is 1.36. The number of aromatic nitrogens is 2. The number of hydrogen-bond acceptors (Lipinski definition) is 3. The summed E-state index contributed by atoms with van der Waals surface area (Å²) < 4.78 is 0. The fraction of sp³-hybridized carbons (Fsp3) is 0.500. The Labute approximate surface area is 82.6 Å². The largest absolute Gasteiger partial charge is 0.350 e. The maximum Gasteiger partial charge on any atom is 0.271 e. The van der Waals surface area contributed by atoms with Crippen LogP contribution in [-0.2, 0) is 6.42 Å². The van der Waals surface area contributed by atoms with Crippen LogP contribution in [0.3, 0.4) is 0 Å². The number of aromatic amines is 1. The first kappa shape index (κ1) is 10.1. The molecule has 0 radical (unpaired) electrons. The fourth-order valence-electron chi connectivity index (χ4n) is 1.04. The number of rotatable bonds is 4. The average molecular weight is 199 g/mol. The van der Waals surface area contributed by atoms with E-state index in [2.05, 4.69) is 27.9 Å². The number of carbonyl (C=O) groups excluding carboxylic acids is 1. The molecule has 13 heavy (non-hydrogen) atoms. The minimum absolute atomic E-state index is 0.132. The molecule has 1 aromatic heterocycles. The number of thiol groups is 1. The summed E-state index contributed by atoms with van der Waals surface area (Å²) >= 11 is 4.00. The molecule has 0 aliphatic heterocycles. The summed E-state index contributed by atoms with van der Waals surface area (Å²) in [6.45, 7) is 2.54. The van der Waals surface area contributed by atoms with E-state index >= 15 is 0 Å². The van der Waals surface area contributed by atoms with Crippen molar-refractivity contribution in [2.75, 3.05) is 12.3 Å². The highest BCUT2D eigenvalue weighted by atomic mass is 32.1. The van der Waals surface area contributed by atoms with Gasteiger partial charge in [-0.25, -0.2) is 4.98 Å². The first-order valence-corrected chi connectivity index (χ1v) is 4.84. The van der Waals surface area contributed by atoms with E-state index in [1.807, 2.05) is 6.92 Å². The molecular formula is C8H13N3OS. The van der Waals surface area contributed by atoms with Gasteiger partial charge in [0.2, 0.25) is 0 Å². The third kappa shape index (κ3) is 2.48. The third-order valence-corrected chi connectivity index (χ3v) is 1.91. The van der Waals surface area contributed by atoms with Gasteiger partial charge in [-0.2, -0.15) is 12.6 Å². The molecule has 0 saturated carbocycles. The first-order chi connectivity index (χ1) is 6.29. The van der Waals surface area contributed by atoms with Gasteiger partial charge < -0.3 is 10.3 Å². The van der Waals surface area contributed by atoms with E-state index in [0.717, 1.165) is 12.1 Å². The van der Waals surface area contributed by atoms with E-state index in [0.29, 0.717) is 18.0 Å². The Morgan fingerprint density at radius 2 is 2.54 bits per heavy atom. The molecule has 1 heterocycles. The minimum Gasteiger partial charge on any atom is -0.350 e. The van der Waals surface area contributed by atoms with Crippen LogP contribution in [0.4, 0.5) is 0 Å². The molecule has 0 aliphatic carbocycles. The Balaban J connectivity index is 2.65. The predicted octanol–water partition coefficient (Wildman–Crippen LogP) is 0.632. The molecule has 1 aromatic rings. The normalized spacial score (nSPS) is 10.0. The molecule has 0 unspecified atom stereocenters. The number of nitrogens with one attached hydrogen (secondary N) is 2. The highest BCUT2D eigenvalue weighted by Gasteiger charge is 2.11. The maximum atomic E-state index is 11.4. The summed E-state index contributed by atoms with van der Waals surface area (Å²) in [4.78, 5) is 18.3. The van der Waals surface area contributed by atoms with E-state index in [1.54, 1.807) is 0 Å². The molecular weight excluding hydrogens is 186 g/mol. The molecule has 0 fully saturated rings. The molecule has 0 spiro atoms. The second kappa shape index (κ2) is 4.91. The molecule has 5 heteroatoms. The van der Waals surface area contributed by atoms with Crippen LogP contribution in [0.5, 0.6) is 0 Å². The SMILES string of the molecule is CCc1[nH]cnc1C(=O)NCCS. The van der Waals surface area contributed by atoms with Crippen molar-refractivity contribution in [2.24, 2.45) is 0 Å². The molecule has 0 bridgehead atoms. The van der Waals surface area contributed by atoms with Crippen LogP contribution in [0.2, 0.25) is 0 Å². The second-order valence-corrected chi connectivity index (χ2v) is 3.01. The second-order valence-electron chi connectivity index (χ2n) is 2.56. The van der Waals surface area contributed by atoms with E-state index in [4.69, 9.17) is 0 Å². The van der Waals surface area contributed by atoms with Gasteiger partial charge in [0.15, 0.2) is 0 Å². The highest BCUT2D eigenvalue weighted by Crippen LogP contribution is 2.02. The van der Waals surface area contributed by atoms with Crippen molar-refractivity contribution in [1.82, 2.24) is 15.3 Å². The lowest BCUT2D eigenvalue weighted by molar-refractivity contribution is 0.0951. The number of carbonyl (C=O) groups is 1. The molecule has 0 atom stereocenters. The van der Waals surface area contributed by atoms with E-state index < -0.39 is 0 Å². The van der Waals surface area contributed by atoms with Crippen LogP contribution in [0, 0.1) is 0 Å². The lowest BCUT2D eigenvalue weighted by Gasteiger charge is -2.01. The number of aryl methyl sites for hydroxylation is 1. The lowest BCUT2D eigenvalue weighted by atomic mass is 10.2. The van der Waals surface area contributed by atoms with Gasteiger partial charge in [-0.15, -0.1) is 0 Å². The Hall–Kier alpha value is -0.970. The van der Waals surface area contributed by atoms with Crippen LogP contribution in [0.1, 0.15) is 23.1 Å². The topological polar surface area (TPSA) is 57.8 Å². The maximum absolute atomic E-state index is 11.4. The van der Waals surface area contributed by atoms with Gasteiger partial charge in [-0.1, -0.05) is 6.92 Å². The van der Waals surface area contributed by atoms with Gasteiger partial charge in [-0.3, -0.25) is 4.79 Å². The number of H-pyrrole nitrogens is 1. The van der Waals surface area contributed by atoms with E-state index in [9.17, 15) is 4.79 Å². The molecule has 72 valence electrons. The predicted molar refractivity (Wildman–Crippen MR) is 54.2 cm³/mol. The van der Waals surface area contributed by atoms with E-state index in [1.165, 1.54) is 6.33 Å². The highest BCUT2D eigenvalue weighted by molar-refractivity contribution is 7.80. The van der Waals surface area contributed by atoms with Crippen molar-refractivity contribution in [3.05, 3.63) is 17.7 Å². The van der Waals surface area contributed by atoms with Gasteiger partial charge in [0, 0.05) is 18.0 Å². The summed E-state index contributed by atoms with van der Waals surface area (Å²) in [5, 5.41) is 2.71. The zero-order valence-corrected chi connectivity index (χ0v) is 8.40. The van der Waals surface area contributed by atoms with Crippen LogP contribution >= 0.6 is 12.6 Å². The van der Waals surface area contributed by atoms with Crippen molar-refractivity contribution >= 4 is 18.5 Å². The number of hydrogen-bond donors (Lipinski definition) is 3. The Kier molecular flexibility index (Phi) is 3.82. The van der Waals surface area contributed by atoms with Gasteiger partial charge in [0.1, 0.15) is 5.69 Å². The Morgan fingerprint density at radius 3 is 3.15 bits per heavy atom. The summed E-state index contributed by atoms with van der Waals surface area (Å²) in [5.74, 6) is 0.504. The summed E-state index contributed by atoms with van der Waals surface area (Å²) in [6, 6.07) is 0. The van der Waals surface area contributed by atoms with E-state index in [-0.39, 0.29) is 5.91 Å². The monoisotopic (exact) mass is 199 g/mol. The molecule has 2 N–H and O–H groups in total. The molecule has 0 aliphatic rings. The van der Waals surface area contributed by atoms with Crippen molar-refractivity contribution in [3.63, 3.8) is 0 Å².